The molecule has 1 unspecified atom stereocenters. The lowest BCUT2D eigenvalue weighted by Crippen LogP contribution is -2.28. The van der Waals surface area contributed by atoms with Crippen molar-refractivity contribution in [2.24, 2.45) is 0 Å². The molecular weight excluding hydrogens is 372 g/mol. The van der Waals surface area contributed by atoms with Gasteiger partial charge in [-0.2, -0.15) is 0 Å². The molecule has 5 nitrogen and oxygen atoms in total. The van der Waals surface area contributed by atoms with E-state index in [4.69, 9.17) is 0 Å². The average molecular weight is 401 g/mol. The molecule has 1 N–H and O–H groups in total. The Labute approximate surface area is 167 Å². The summed E-state index contributed by atoms with van der Waals surface area (Å²) in [5, 5.41) is 3.05. The Bertz CT molecular complexity index is 900. The van der Waals surface area contributed by atoms with Gasteiger partial charge in [-0.25, -0.2) is 8.42 Å². The quantitative estimate of drug-likeness (QED) is 0.772. The third kappa shape index (κ3) is 5.20. The minimum Gasteiger partial charge on any atom is -0.345 e. The van der Waals surface area contributed by atoms with Crippen LogP contribution in [0.15, 0.2) is 53.4 Å². The van der Waals surface area contributed by atoms with Gasteiger partial charge in [0.2, 0.25) is 0 Å². The van der Waals surface area contributed by atoms with E-state index in [-0.39, 0.29) is 16.8 Å². The zero-order valence-corrected chi connectivity index (χ0v) is 17.3. The fraction of sp³-hybridized carbons (Fsp3) is 0.409. The second-order valence-electron chi connectivity index (χ2n) is 7.46. The maximum atomic E-state index is 12.7. The second kappa shape index (κ2) is 8.88. The fourth-order valence-corrected chi connectivity index (χ4v) is 4.20. The molecule has 1 fully saturated rings. The first-order chi connectivity index (χ1) is 13.4. The summed E-state index contributed by atoms with van der Waals surface area (Å²) in [6.45, 7) is 5.23. The summed E-state index contributed by atoms with van der Waals surface area (Å²) in [4.78, 5) is 15.4. The number of hydrogen-bond acceptors (Lipinski definition) is 4. The topological polar surface area (TPSA) is 66.5 Å². The van der Waals surface area contributed by atoms with Gasteiger partial charge >= 0.3 is 0 Å². The highest BCUT2D eigenvalue weighted by Crippen LogP contribution is 2.20. The summed E-state index contributed by atoms with van der Waals surface area (Å²) in [6, 6.07) is 14.4. The minimum absolute atomic E-state index is 0.119. The van der Waals surface area contributed by atoms with Gasteiger partial charge in [-0.1, -0.05) is 31.2 Å². The van der Waals surface area contributed by atoms with Crippen LogP contribution in [0.2, 0.25) is 0 Å². The van der Waals surface area contributed by atoms with Crippen LogP contribution in [0.4, 0.5) is 0 Å². The molecule has 0 aliphatic carbocycles. The lowest BCUT2D eigenvalue weighted by molar-refractivity contribution is 0.0935. The summed E-state index contributed by atoms with van der Waals surface area (Å²) >= 11 is 0. The molecule has 0 bridgehead atoms. The maximum Gasteiger partial charge on any atom is 0.251 e. The van der Waals surface area contributed by atoms with E-state index in [0.717, 1.165) is 31.6 Å². The number of nitrogens with one attached hydrogen (secondary N) is 1. The largest absolute Gasteiger partial charge is 0.345 e. The minimum atomic E-state index is -3.22. The maximum absolute atomic E-state index is 12.7. The third-order valence-corrected chi connectivity index (χ3v) is 6.37. The Balaban J connectivity index is 1.64. The van der Waals surface area contributed by atoms with E-state index in [9.17, 15) is 13.2 Å². The summed E-state index contributed by atoms with van der Waals surface area (Å²) < 4.78 is 23.2. The lowest BCUT2D eigenvalue weighted by atomic mass is 10.0. The molecule has 0 aromatic heterocycles. The molecule has 2 aromatic rings. The molecule has 1 saturated heterocycles. The predicted octanol–water partition coefficient (Wildman–Crippen LogP) is 3.57. The first kappa shape index (κ1) is 20.6. The van der Waals surface area contributed by atoms with Crippen molar-refractivity contribution in [3.05, 3.63) is 65.2 Å². The number of rotatable bonds is 7. The Hall–Kier alpha value is -2.18. The molecule has 2 aromatic carbocycles. The molecule has 1 aliphatic heterocycles. The Morgan fingerprint density at radius 1 is 1.04 bits per heavy atom. The van der Waals surface area contributed by atoms with Crippen LogP contribution in [0.3, 0.4) is 0 Å². The monoisotopic (exact) mass is 400 g/mol. The van der Waals surface area contributed by atoms with Crippen LogP contribution in [-0.4, -0.2) is 38.6 Å². The molecule has 150 valence electrons. The van der Waals surface area contributed by atoms with E-state index in [1.807, 2.05) is 31.2 Å². The van der Waals surface area contributed by atoms with Gasteiger partial charge in [0.15, 0.2) is 9.84 Å². The Morgan fingerprint density at radius 2 is 1.64 bits per heavy atom. The number of carbonyl (C=O) groups excluding carboxylic acids is 1. The molecule has 28 heavy (non-hydrogen) atoms. The third-order valence-electron chi connectivity index (χ3n) is 5.25. The van der Waals surface area contributed by atoms with Gasteiger partial charge in [0, 0.05) is 18.4 Å². The molecule has 1 amide bonds. The van der Waals surface area contributed by atoms with Crippen molar-refractivity contribution in [1.82, 2.24) is 10.2 Å². The molecule has 0 spiro atoms. The average Bonchev–Trinajstić information content (AvgIpc) is 3.19. The Kier molecular flexibility index (Phi) is 6.52. The van der Waals surface area contributed by atoms with Crippen LogP contribution in [0.5, 0.6) is 0 Å². The van der Waals surface area contributed by atoms with E-state index in [2.05, 4.69) is 10.2 Å². The highest BCUT2D eigenvalue weighted by Gasteiger charge is 2.16. The SMILES string of the molecule is CCC(NC(=O)c1ccc(CN2CCCC2)cc1)c1ccc(S(C)(=O)=O)cc1. The van der Waals surface area contributed by atoms with Crippen LogP contribution in [-0.2, 0) is 16.4 Å². The molecule has 1 aliphatic rings. The number of nitrogens with zero attached hydrogens (tertiary/aromatic N) is 1. The fourth-order valence-electron chi connectivity index (χ4n) is 3.57. The van der Waals surface area contributed by atoms with Crippen molar-refractivity contribution in [3.63, 3.8) is 0 Å². The summed E-state index contributed by atoms with van der Waals surface area (Å²) in [5.41, 5.74) is 2.76. The van der Waals surface area contributed by atoms with E-state index in [1.165, 1.54) is 24.7 Å². The van der Waals surface area contributed by atoms with Crippen molar-refractivity contribution < 1.29 is 13.2 Å². The van der Waals surface area contributed by atoms with Gasteiger partial charge in [-0.15, -0.1) is 0 Å². The van der Waals surface area contributed by atoms with Crippen molar-refractivity contribution in [1.29, 1.82) is 0 Å². The smallest absolute Gasteiger partial charge is 0.251 e. The van der Waals surface area contributed by atoms with Crippen LogP contribution in [0, 0.1) is 0 Å². The van der Waals surface area contributed by atoms with Gasteiger partial charge in [-0.05, 0) is 67.7 Å². The highest BCUT2D eigenvalue weighted by molar-refractivity contribution is 7.90. The molecule has 3 rings (SSSR count). The summed E-state index contributed by atoms with van der Waals surface area (Å²) in [7, 11) is -3.22. The van der Waals surface area contributed by atoms with Crippen LogP contribution >= 0.6 is 0 Å². The van der Waals surface area contributed by atoms with Crippen LogP contribution < -0.4 is 5.32 Å². The molecular formula is C22H28N2O3S. The predicted molar refractivity (Wildman–Crippen MR) is 111 cm³/mol. The lowest BCUT2D eigenvalue weighted by Gasteiger charge is -2.18. The second-order valence-corrected chi connectivity index (χ2v) is 9.47. The zero-order valence-electron chi connectivity index (χ0n) is 16.5. The van der Waals surface area contributed by atoms with Crippen molar-refractivity contribution >= 4 is 15.7 Å². The van der Waals surface area contributed by atoms with E-state index < -0.39 is 9.84 Å². The van der Waals surface area contributed by atoms with E-state index in [0.29, 0.717) is 5.56 Å². The van der Waals surface area contributed by atoms with Gasteiger partial charge < -0.3 is 5.32 Å². The first-order valence-electron chi connectivity index (χ1n) is 9.79. The number of carbonyl (C=O) groups is 1. The van der Waals surface area contributed by atoms with Gasteiger partial charge in [0.25, 0.3) is 5.91 Å². The number of benzene rings is 2. The van der Waals surface area contributed by atoms with Crippen LogP contribution in [0.25, 0.3) is 0 Å². The zero-order chi connectivity index (χ0) is 20.1. The Morgan fingerprint density at radius 3 is 2.18 bits per heavy atom. The molecule has 0 radical (unpaired) electrons. The van der Waals surface area contributed by atoms with Crippen molar-refractivity contribution in [2.75, 3.05) is 19.3 Å². The molecule has 1 heterocycles. The van der Waals surface area contributed by atoms with Gasteiger partial charge in [-0.3, -0.25) is 9.69 Å². The standard InChI is InChI=1S/C22H28N2O3S/c1-3-21(18-10-12-20(13-11-18)28(2,26)27)23-22(25)19-8-6-17(7-9-19)16-24-14-4-5-15-24/h6-13,21H,3-5,14-16H2,1-2H3,(H,23,25). The van der Waals surface area contributed by atoms with Gasteiger partial charge in [0.05, 0.1) is 10.9 Å². The normalized spacial score (nSPS) is 16.1. The van der Waals surface area contributed by atoms with Crippen LogP contribution in [0.1, 0.15) is 53.7 Å². The highest BCUT2D eigenvalue weighted by atomic mass is 32.2. The van der Waals surface area contributed by atoms with Crippen molar-refractivity contribution in [2.45, 2.75) is 43.7 Å². The number of amides is 1. The van der Waals surface area contributed by atoms with E-state index >= 15 is 0 Å². The van der Waals surface area contributed by atoms with Gasteiger partial charge in [0.1, 0.15) is 0 Å². The molecule has 0 saturated carbocycles. The number of hydrogen-bond donors (Lipinski definition) is 1. The summed E-state index contributed by atoms with van der Waals surface area (Å²) in [5.74, 6) is -0.119. The molecule has 6 heteroatoms. The van der Waals surface area contributed by atoms with Crippen molar-refractivity contribution in [3.8, 4) is 0 Å². The van der Waals surface area contributed by atoms with E-state index in [1.54, 1.807) is 24.3 Å². The molecule has 1 atom stereocenters. The first-order valence-corrected chi connectivity index (χ1v) is 11.7. The number of likely N-dealkylation sites (tertiary alicyclic amines) is 1. The number of sulfone groups is 1. The summed E-state index contributed by atoms with van der Waals surface area (Å²) in [6.07, 6.45) is 4.44.